The molecule has 0 aliphatic carbocycles. The van der Waals surface area contributed by atoms with Gasteiger partial charge in [-0.2, -0.15) is 0 Å². The van der Waals surface area contributed by atoms with Crippen LogP contribution in [0.4, 0.5) is 0 Å². The van der Waals surface area contributed by atoms with E-state index in [2.05, 4.69) is 0 Å². The molecule has 0 radical (unpaired) electrons. The highest BCUT2D eigenvalue weighted by Gasteiger charge is 2.16. The van der Waals surface area contributed by atoms with Crippen molar-refractivity contribution in [2.45, 2.75) is 0 Å². The Balaban J connectivity index is 2.59. The number of halogens is 2. The Hall–Kier alpha value is -1.97. The van der Waals surface area contributed by atoms with Crippen LogP contribution in [-0.2, 0) is 4.79 Å². The zero-order chi connectivity index (χ0) is 15.4. The summed E-state index contributed by atoms with van der Waals surface area (Å²) in [4.78, 5) is 11.6. The van der Waals surface area contributed by atoms with Crippen LogP contribution < -0.4 is 4.74 Å². The summed E-state index contributed by atoms with van der Waals surface area (Å²) in [5.74, 6) is -0.634. The fourth-order valence-corrected chi connectivity index (χ4v) is 2.28. The van der Waals surface area contributed by atoms with E-state index in [4.69, 9.17) is 27.9 Å². The minimum Gasteiger partial charge on any atom is -0.496 e. The van der Waals surface area contributed by atoms with Gasteiger partial charge >= 0.3 is 5.97 Å². The first-order valence-corrected chi connectivity index (χ1v) is 6.81. The van der Waals surface area contributed by atoms with Crippen molar-refractivity contribution in [3.05, 3.63) is 63.6 Å². The summed E-state index contributed by atoms with van der Waals surface area (Å²) in [7, 11) is 1.48. The molecule has 0 aromatic heterocycles. The largest absolute Gasteiger partial charge is 0.496 e. The predicted octanol–water partition coefficient (Wildman–Crippen LogP) is 4.63. The Labute approximate surface area is 132 Å². The van der Waals surface area contributed by atoms with Gasteiger partial charge in [0.05, 0.1) is 12.7 Å². The van der Waals surface area contributed by atoms with E-state index in [0.29, 0.717) is 26.9 Å². The zero-order valence-corrected chi connectivity index (χ0v) is 12.7. The highest BCUT2D eigenvalue weighted by atomic mass is 35.5. The molecule has 2 aromatic carbocycles. The summed E-state index contributed by atoms with van der Waals surface area (Å²) in [6.07, 6.45) is 1.53. The van der Waals surface area contributed by atoms with E-state index in [0.717, 1.165) is 0 Å². The van der Waals surface area contributed by atoms with Crippen molar-refractivity contribution in [2.24, 2.45) is 0 Å². The van der Waals surface area contributed by atoms with Crippen molar-refractivity contribution in [2.75, 3.05) is 7.11 Å². The molecular formula is C16H12Cl2O3. The minimum absolute atomic E-state index is 0.0802. The second kappa shape index (κ2) is 6.66. The number of carboxylic acid groups (broad SMARTS) is 1. The van der Waals surface area contributed by atoms with Gasteiger partial charge in [0.2, 0.25) is 0 Å². The first-order chi connectivity index (χ1) is 10.0. The Morgan fingerprint density at radius 3 is 2.48 bits per heavy atom. The summed E-state index contributed by atoms with van der Waals surface area (Å²) in [6, 6.07) is 11.8. The average Bonchev–Trinajstić information content (AvgIpc) is 2.44. The zero-order valence-electron chi connectivity index (χ0n) is 11.1. The summed E-state index contributed by atoms with van der Waals surface area (Å²) in [5.41, 5.74) is 1.18. The number of rotatable bonds is 4. The standard InChI is InChI=1S/C16H12Cl2O3/c1-21-15-6-5-12(18)9-13(15)14(16(19)20)8-10-3-2-4-11(17)7-10/h2-9H,1H3,(H,19,20)/b14-8-. The van der Waals surface area contributed by atoms with Crippen LogP contribution in [0.15, 0.2) is 42.5 Å². The van der Waals surface area contributed by atoms with Gasteiger partial charge in [0.25, 0.3) is 0 Å². The molecule has 21 heavy (non-hydrogen) atoms. The van der Waals surface area contributed by atoms with E-state index in [-0.39, 0.29) is 5.57 Å². The van der Waals surface area contributed by atoms with Gasteiger partial charge in [-0.1, -0.05) is 35.3 Å². The molecule has 0 saturated heterocycles. The topological polar surface area (TPSA) is 46.5 Å². The molecule has 0 bridgehead atoms. The second-order valence-electron chi connectivity index (χ2n) is 4.26. The van der Waals surface area contributed by atoms with Crippen LogP contribution in [0.25, 0.3) is 11.6 Å². The lowest BCUT2D eigenvalue weighted by Crippen LogP contribution is -2.02. The monoisotopic (exact) mass is 322 g/mol. The van der Waals surface area contributed by atoms with Crippen LogP contribution in [-0.4, -0.2) is 18.2 Å². The molecule has 0 fully saturated rings. The van der Waals surface area contributed by atoms with Gasteiger partial charge in [-0.25, -0.2) is 4.79 Å². The Kier molecular flexibility index (Phi) is 4.89. The average molecular weight is 323 g/mol. The molecule has 108 valence electrons. The lowest BCUT2D eigenvalue weighted by molar-refractivity contribution is -0.130. The van der Waals surface area contributed by atoms with E-state index in [9.17, 15) is 9.90 Å². The third-order valence-corrected chi connectivity index (χ3v) is 3.31. The number of aliphatic carboxylic acids is 1. The van der Waals surface area contributed by atoms with Gasteiger partial charge in [0.1, 0.15) is 5.75 Å². The van der Waals surface area contributed by atoms with Gasteiger partial charge in [-0.05, 0) is 42.0 Å². The number of ether oxygens (including phenoxy) is 1. The smallest absolute Gasteiger partial charge is 0.336 e. The highest BCUT2D eigenvalue weighted by molar-refractivity contribution is 6.32. The number of methoxy groups -OCH3 is 1. The van der Waals surface area contributed by atoms with Crippen LogP contribution in [0, 0.1) is 0 Å². The molecule has 0 aliphatic rings. The van der Waals surface area contributed by atoms with Crippen LogP contribution in [0.1, 0.15) is 11.1 Å². The number of hydrogen-bond donors (Lipinski definition) is 1. The lowest BCUT2D eigenvalue weighted by Gasteiger charge is -2.10. The summed E-state index contributed by atoms with van der Waals surface area (Å²) in [6.45, 7) is 0. The van der Waals surface area contributed by atoms with Crippen LogP contribution in [0.2, 0.25) is 10.0 Å². The molecule has 0 amide bonds. The fourth-order valence-electron chi connectivity index (χ4n) is 1.91. The molecule has 0 aliphatic heterocycles. The number of benzene rings is 2. The van der Waals surface area contributed by atoms with Gasteiger partial charge in [0.15, 0.2) is 0 Å². The molecular weight excluding hydrogens is 311 g/mol. The minimum atomic E-state index is -1.07. The van der Waals surface area contributed by atoms with Gasteiger partial charge in [0, 0.05) is 15.6 Å². The number of hydrogen-bond acceptors (Lipinski definition) is 2. The summed E-state index contributed by atoms with van der Waals surface area (Å²) < 4.78 is 5.20. The Morgan fingerprint density at radius 1 is 1.14 bits per heavy atom. The van der Waals surface area contributed by atoms with Crippen molar-refractivity contribution >= 4 is 40.8 Å². The normalized spacial score (nSPS) is 11.3. The third-order valence-electron chi connectivity index (χ3n) is 2.84. The maximum absolute atomic E-state index is 11.6. The Morgan fingerprint density at radius 2 is 1.86 bits per heavy atom. The Bertz CT molecular complexity index is 708. The van der Waals surface area contributed by atoms with E-state index in [1.165, 1.54) is 13.2 Å². The van der Waals surface area contributed by atoms with E-state index in [1.54, 1.807) is 42.5 Å². The maximum Gasteiger partial charge on any atom is 0.336 e. The third kappa shape index (κ3) is 3.78. The van der Waals surface area contributed by atoms with E-state index in [1.807, 2.05) is 0 Å². The lowest BCUT2D eigenvalue weighted by atomic mass is 10.0. The first kappa shape index (κ1) is 15.4. The van der Waals surface area contributed by atoms with Crippen molar-refractivity contribution in [1.29, 1.82) is 0 Å². The SMILES string of the molecule is COc1ccc(Cl)cc1/C(=C/c1cccc(Cl)c1)C(=O)O. The van der Waals surface area contributed by atoms with Crippen LogP contribution in [0.3, 0.4) is 0 Å². The van der Waals surface area contributed by atoms with Crippen molar-refractivity contribution in [1.82, 2.24) is 0 Å². The molecule has 1 N–H and O–H groups in total. The first-order valence-electron chi connectivity index (χ1n) is 6.05. The molecule has 5 heteroatoms. The van der Waals surface area contributed by atoms with Crippen LogP contribution in [0.5, 0.6) is 5.75 Å². The molecule has 2 aromatic rings. The molecule has 0 heterocycles. The molecule has 0 unspecified atom stereocenters. The number of carboxylic acids is 1. The van der Waals surface area contributed by atoms with Gasteiger partial charge in [-0.15, -0.1) is 0 Å². The fraction of sp³-hybridized carbons (Fsp3) is 0.0625. The van der Waals surface area contributed by atoms with E-state index >= 15 is 0 Å². The molecule has 0 spiro atoms. The quantitative estimate of drug-likeness (QED) is 0.659. The highest BCUT2D eigenvalue weighted by Crippen LogP contribution is 2.31. The molecule has 0 saturated carbocycles. The van der Waals surface area contributed by atoms with Crippen molar-refractivity contribution in [3.8, 4) is 5.75 Å². The predicted molar refractivity (Wildman–Crippen MR) is 85.0 cm³/mol. The van der Waals surface area contributed by atoms with Crippen molar-refractivity contribution < 1.29 is 14.6 Å². The molecule has 0 atom stereocenters. The molecule has 2 rings (SSSR count). The summed E-state index contributed by atoms with van der Waals surface area (Å²) >= 11 is 11.9. The van der Waals surface area contributed by atoms with Crippen LogP contribution >= 0.6 is 23.2 Å². The molecule has 3 nitrogen and oxygen atoms in total. The van der Waals surface area contributed by atoms with Gasteiger partial charge < -0.3 is 9.84 Å². The number of carbonyl (C=O) groups is 1. The van der Waals surface area contributed by atoms with Crippen molar-refractivity contribution in [3.63, 3.8) is 0 Å². The second-order valence-corrected chi connectivity index (χ2v) is 5.14. The van der Waals surface area contributed by atoms with E-state index < -0.39 is 5.97 Å². The summed E-state index contributed by atoms with van der Waals surface area (Å²) in [5, 5.41) is 10.4. The van der Waals surface area contributed by atoms with Gasteiger partial charge in [-0.3, -0.25) is 0 Å². The maximum atomic E-state index is 11.6.